The third kappa shape index (κ3) is 5.46. The first-order valence-electron chi connectivity index (χ1n) is 11.6. The number of rotatable bonds is 7. The third-order valence-corrected chi connectivity index (χ3v) is 9.26. The highest BCUT2D eigenvalue weighted by atomic mass is 32.2. The lowest BCUT2D eigenvalue weighted by molar-refractivity contribution is -0.269. The topological polar surface area (TPSA) is 97.1 Å². The normalized spacial score (nSPS) is 14.7. The van der Waals surface area contributed by atoms with E-state index < -0.39 is 45.3 Å². The van der Waals surface area contributed by atoms with Crippen molar-refractivity contribution in [3.8, 4) is 11.1 Å². The van der Waals surface area contributed by atoms with Crippen LogP contribution in [0.5, 0.6) is 0 Å². The van der Waals surface area contributed by atoms with Gasteiger partial charge in [0.05, 0.1) is 12.7 Å². The number of aliphatic hydroxyl groups is 1. The van der Waals surface area contributed by atoms with Crippen LogP contribution in [0.15, 0.2) is 52.9 Å². The van der Waals surface area contributed by atoms with E-state index in [1.54, 1.807) is 39.0 Å². The van der Waals surface area contributed by atoms with Gasteiger partial charge < -0.3 is 5.11 Å². The van der Waals surface area contributed by atoms with Gasteiger partial charge in [-0.1, -0.05) is 36.4 Å². The molecule has 0 saturated heterocycles. The minimum absolute atomic E-state index is 0.0344. The van der Waals surface area contributed by atoms with Crippen molar-refractivity contribution in [2.24, 2.45) is 0 Å². The molecule has 4 rings (SSSR count). The summed E-state index contributed by atoms with van der Waals surface area (Å²) < 4.78 is 85.0. The Balaban J connectivity index is 1.77. The molecule has 13 heteroatoms. The van der Waals surface area contributed by atoms with E-state index in [-0.39, 0.29) is 10.8 Å². The van der Waals surface area contributed by atoms with Crippen molar-refractivity contribution in [3.63, 3.8) is 0 Å². The van der Waals surface area contributed by atoms with Crippen LogP contribution in [0.2, 0.25) is 0 Å². The van der Waals surface area contributed by atoms with Gasteiger partial charge in [0.1, 0.15) is 15.7 Å². The lowest BCUT2D eigenvalue weighted by Crippen LogP contribution is -2.42. The smallest absolute Gasteiger partial charge is 0.375 e. The van der Waals surface area contributed by atoms with Crippen LogP contribution in [-0.4, -0.2) is 40.2 Å². The molecular weight excluding hydrogens is 544 g/mol. The van der Waals surface area contributed by atoms with Gasteiger partial charge in [0, 0.05) is 21.2 Å². The highest BCUT2D eigenvalue weighted by Gasteiger charge is 2.55. The summed E-state index contributed by atoms with van der Waals surface area (Å²) in [5.74, 6) is -0.458. The number of nitrogens with zero attached hydrogens (tertiary/aromatic N) is 3. The Bertz CT molecular complexity index is 1570. The lowest BCUT2D eigenvalue weighted by atomic mass is 9.96. The van der Waals surface area contributed by atoms with Crippen LogP contribution < -0.4 is 4.72 Å². The van der Waals surface area contributed by atoms with Crippen LogP contribution in [0.1, 0.15) is 45.4 Å². The van der Waals surface area contributed by atoms with E-state index in [0.29, 0.717) is 26.8 Å². The van der Waals surface area contributed by atoms with Crippen molar-refractivity contribution in [1.29, 1.82) is 0 Å². The monoisotopic (exact) mass is 570 g/mol. The molecule has 204 valence electrons. The molecule has 7 nitrogen and oxygen atoms in total. The standard InChI is InChI=1S/C25H26F4N4O3S2/c1-5-24(34,25(27,28)29)20-14-33(32-30-20)13-15-6-11-18-19(12-15)37-22(38(35,36)31-23(2,3)4)21(18)16-7-9-17(26)10-8-16/h6-12,14,31,34H,5,13H2,1-4H3. The molecule has 0 amide bonds. The van der Waals surface area contributed by atoms with Crippen LogP contribution in [0.25, 0.3) is 21.2 Å². The average Bonchev–Trinajstić information content (AvgIpc) is 3.42. The molecule has 38 heavy (non-hydrogen) atoms. The van der Waals surface area contributed by atoms with E-state index >= 15 is 0 Å². The predicted molar refractivity (Wildman–Crippen MR) is 137 cm³/mol. The zero-order valence-corrected chi connectivity index (χ0v) is 22.6. The molecule has 0 bridgehead atoms. The van der Waals surface area contributed by atoms with Gasteiger partial charge in [-0.3, -0.25) is 0 Å². The van der Waals surface area contributed by atoms with E-state index in [1.165, 1.54) is 35.9 Å². The van der Waals surface area contributed by atoms with Crippen LogP contribution >= 0.6 is 11.3 Å². The van der Waals surface area contributed by atoms with Crippen LogP contribution in [0.4, 0.5) is 17.6 Å². The van der Waals surface area contributed by atoms with Gasteiger partial charge in [-0.05, 0) is 56.5 Å². The largest absolute Gasteiger partial charge is 0.423 e. The van der Waals surface area contributed by atoms with Gasteiger partial charge in [-0.2, -0.15) is 13.2 Å². The first kappa shape index (κ1) is 28.1. The number of hydrogen-bond acceptors (Lipinski definition) is 6. The summed E-state index contributed by atoms with van der Waals surface area (Å²) in [4.78, 5) is 0. The van der Waals surface area contributed by atoms with E-state index in [2.05, 4.69) is 15.0 Å². The van der Waals surface area contributed by atoms with Gasteiger partial charge in [0.2, 0.25) is 5.60 Å². The maximum absolute atomic E-state index is 13.6. The summed E-state index contributed by atoms with van der Waals surface area (Å²) in [5, 5.41) is 18.0. The zero-order chi connectivity index (χ0) is 28.1. The van der Waals surface area contributed by atoms with Crippen molar-refractivity contribution >= 4 is 31.4 Å². The number of nitrogens with one attached hydrogen (secondary N) is 1. The fraction of sp³-hybridized carbons (Fsp3) is 0.360. The Morgan fingerprint density at radius 3 is 2.32 bits per heavy atom. The second kappa shape index (κ2) is 9.70. The van der Waals surface area contributed by atoms with Crippen molar-refractivity contribution in [2.45, 2.75) is 62.2 Å². The average molecular weight is 571 g/mol. The Morgan fingerprint density at radius 1 is 1.08 bits per heavy atom. The van der Waals surface area contributed by atoms with Crippen molar-refractivity contribution in [2.75, 3.05) is 0 Å². The Hall–Kier alpha value is -2.87. The quantitative estimate of drug-likeness (QED) is 0.283. The molecule has 0 aliphatic carbocycles. The molecular formula is C25H26F4N4O3S2. The van der Waals surface area contributed by atoms with Crippen LogP contribution in [-0.2, 0) is 22.2 Å². The fourth-order valence-electron chi connectivity index (χ4n) is 4.02. The Morgan fingerprint density at radius 2 is 1.74 bits per heavy atom. The number of thiophene rings is 1. The Labute approximate surface area is 221 Å². The number of sulfonamides is 1. The molecule has 2 aromatic heterocycles. The molecule has 0 aliphatic heterocycles. The molecule has 1 unspecified atom stereocenters. The van der Waals surface area contributed by atoms with Gasteiger partial charge in [-0.15, -0.1) is 16.4 Å². The number of benzene rings is 2. The molecule has 1 atom stereocenters. The maximum Gasteiger partial charge on any atom is 0.423 e. The molecule has 0 fully saturated rings. The highest BCUT2D eigenvalue weighted by molar-refractivity contribution is 7.92. The number of halogens is 4. The van der Waals surface area contributed by atoms with Crippen molar-refractivity contribution in [1.82, 2.24) is 19.7 Å². The summed E-state index contributed by atoms with van der Waals surface area (Å²) >= 11 is 1.03. The molecule has 0 aliphatic rings. The zero-order valence-electron chi connectivity index (χ0n) is 21.0. The Kier molecular flexibility index (Phi) is 7.19. The van der Waals surface area contributed by atoms with E-state index in [4.69, 9.17) is 0 Å². The third-order valence-electron chi connectivity index (χ3n) is 5.83. The maximum atomic E-state index is 13.6. The summed E-state index contributed by atoms with van der Waals surface area (Å²) in [7, 11) is -3.96. The number of aromatic nitrogens is 3. The first-order valence-corrected chi connectivity index (χ1v) is 13.9. The van der Waals surface area contributed by atoms with Gasteiger partial charge in [0.25, 0.3) is 10.0 Å². The fourth-order valence-corrected chi connectivity index (χ4v) is 7.27. The number of fused-ring (bicyclic) bond motifs is 1. The van der Waals surface area contributed by atoms with E-state index in [1.807, 2.05) is 0 Å². The molecule has 2 aromatic carbocycles. The van der Waals surface area contributed by atoms with E-state index in [0.717, 1.165) is 17.5 Å². The summed E-state index contributed by atoms with van der Waals surface area (Å²) in [6.07, 6.45) is -4.50. The van der Waals surface area contributed by atoms with Crippen molar-refractivity contribution < 1.29 is 31.1 Å². The number of hydrogen-bond donors (Lipinski definition) is 2. The predicted octanol–water partition coefficient (Wildman–Crippen LogP) is 5.58. The molecule has 0 saturated carbocycles. The SMILES string of the molecule is CCC(O)(c1cn(Cc2ccc3c(-c4ccc(F)cc4)c(S(=O)(=O)NC(C)(C)C)sc3c2)nn1)C(F)(F)F. The first-order chi connectivity index (χ1) is 17.5. The second-order valence-corrected chi connectivity index (χ2v) is 12.9. The number of alkyl halides is 3. The molecule has 4 aromatic rings. The summed E-state index contributed by atoms with van der Waals surface area (Å²) in [6.45, 7) is 6.40. The second-order valence-electron chi connectivity index (χ2n) is 9.97. The molecule has 2 heterocycles. The van der Waals surface area contributed by atoms with Gasteiger partial charge >= 0.3 is 6.18 Å². The summed E-state index contributed by atoms with van der Waals surface area (Å²) in [6, 6.07) is 10.7. The molecule has 2 N–H and O–H groups in total. The minimum atomic E-state index is -4.92. The van der Waals surface area contributed by atoms with Crippen molar-refractivity contribution in [3.05, 3.63) is 65.7 Å². The van der Waals surface area contributed by atoms with Crippen LogP contribution in [0.3, 0.4) is 0 Å². The minimum Gasteiger partial charge on any atom is -0.375 e. The van der Waals surface area contributed by atoms with Gasteiger partial charge in [-0.25, -0.2) is 22.2 Å². The van der Waals surface area contributed by atoms with E-state index in [9.17, 15) is 31.1 Å². The highest BCUT2D eigenvalue weighted by Crippen LogP contribution is 2.43. The lowest BCUT2D eigenvalue weighted by Gasteiger charge is -2.26. The summed E-state index contributed by atoms with van der Waals surface area (Å²) in [5.41, 5.74) is -2.90. The van der Waals surface area contributed by atoms with Gasteiger partial charge in [0.15, 0.2) is 0 Å². The molecule has 0 spiro atoms. The molecule has 0 radical (unpaired) electrons. The van der Waals surface area contributed by atoms with Crippen LogP contribution in [0, 0.1) is 5.82 Å².